The first-order chi connectivity index (χ1) is 13.9. The maximum Gasteiger partial charge on any atom is 0.247 e. The van der Waals surface area contributed by atoms with Gasteiger partial charge in [0.05, 0.1) is 6.10 Å². The molecule has 0 aliphatic heterocycles. The molecule has 3 rings (SSSR count). The summed E-state index contributed by atoms with van der Waals surface area (Å²) in [5.74, 6) is 2.36. The fraction of sp³-hybridized carbons (Fsp3) is 0.520. The van der Waals surface area contributed by atoms with E-state index < -0.39 is 0 Å². The maximum atomic E-state index is 12.3. The molecular formula is C25H34N2O2. The van der Waals surface area contributed by atoms with Crippen molar-refractivity contribution in [2.24, 2.45) is 35.5 Å². The number of nitrogens with one attached hydrogen (secondary N) is 1. The van der Waals surface area contributed by atoms with Crippen molar-refractivity contribution in [1.82, 2.24) is 10.3 Å². The highest BCUT2D eigenvalue weighted by Gasteiger charge is 2.44. The fourth-order valence-corrected chi connectivity index (χ4v) is 5.03. The first kappa shape index (κ1) is 21.5. The van der Waals surface area contributed by atoms with Crippen LogP contribution in [0.5, 0.6) is 0 Å². The Balaban J connectivity index is 1.64. The molecule has 0 aromatic carbocycles. The Morgan fingerprint density at radius 3 is 2.69 bits per heavy atom. The van der Waals surface area contributed by atoms with Gasteiger partial charge < -0.3 is 10.4 Å². The average molecular weight is 395 g/mol. The van der Waals surface area contributed by atoms with Crippen LogP contribution in [0, 0.1) is 35.5 Å². The van der Waals surface area contributed by atoms with Crippen molar-refractivity contribution in [2.75, 3.05) is 0 Å². The summed E-state index contributed by atoms with van der Waals surface area (Å²) < 4.78 is 0. The second kappa shape index (κ2) is 9.53. The number of pyridine rings is 1. The van der Waals surface area contributed by atoms with Gasteiger partial charge in [-0.05, 0) is 66.5 Å². The van der Waals surface area contributed by atoms with E-state index in [-0.39, 0.29) is 17.9 Å². The van der Waals surface area contributed by atoms with Gasteiger partial charge in [-0.3, -0.25) is 9.78 Å². The lowest BCUT2D eigenvalue weighted by molar-refractivity contribution is -0.117. The summed E-state index contributed by atoms with van der Waals surface area (Å²) in [6, 6.07) is 3.79. The molecule has 1 heterocycles. The van der Waals surface area contributed by atoms with Gasteiger partial charge in [0.2, 0.25) is 5.91 Å². The minimum absolute atomic E-state index is 0.0591. The van der Waals surface area contributed by atoms with Crippen LogP contribution < -0.4 is 5.32 Å². The number of carbonyl (C=O) groups is 1. The van der Waals surface area contributed by atoms with E-state index in [1.165, 1.54) is 0 Å². The maximum absolute atomic E-state index is 12.3. The first-order valence-corrected chi connectivity index (χ1v) is 10.8. The minimum Gasteiger partial charge on any atom is -0.393 e. The molecule has 1 amide bonds. The summed E-state index contributed by atoms with van der Waals surface area (Å²) in [6.45, 7) is 8.94. The van der Waals surface area contributed by atoms with E-state index in [4.69, 9.17) is 0 Å². The third-order valence-electron chi connectivity index (χ3n) is 6.82. The van der Waals surface area contributed by atoms with E-state index in [9.17, 15) is 9.90 Å². The SMILES string of the molecule is C/C(=C\C=C\[C@@H]1[C@H]2[C@H](C)[C@@H](O)[C@H](C)C[C@@H]2C=C[C@@H]1C)C(=O)NCc1ccncc1. The van der Waals surface area contributed by atoms with Crippen molar-refractivity contribution in [3.63, 3.8) is 0 Å². The Morgan fingerprint density at radius 2 is 1.97 bits per heavy atom. The number of carbonyl (C=O) groups excluding carboxylic acids is 1. The third kappa shape index (κ3) is 5.05. The van der Waals surface area contributed by atoms with Crippen LogP contribution in [0.15, 0.2) is 60.5 Å². The highest BCUT2D eigenvalue weighted by Crippen LogP contribution is 2.48. The molecule has 0 spiro atoms. The number of aromatic nitrogens is 1. The summed E-state index contributed by atoms with van der Waals surface area (Å²) in [7, 11) is 0. The quantitative estimate of drug-likeness (QED) is 0.445. The molecule has 4 nitrogen and oxygen atoms in total. The van der Waals surface area contributed by atoms with Gasteiger partial charge in [-0.25, -0.2) is 0 Å². The Morgan fingerprint density at radius 1 is 1.24 bits per heavy atom. The predicted molar refractivity (Wildman–Crippen MR) is 117 cm³/mol. The zero-order valence-corrected chi connectivity index (χ0v) is 18.0. The second-order valence-electron chi connectivity index (χ2n) is 8.90. The van der Waals surface area contributed by atoms with Crippen LogP contribution in [-0.4, -0.2) is 22.1 Å². The van der Waals surface area contributed by atoms with E-state index >= 15 is 0 Å². The lowest BCUT2D eigenvalue weighted by Gasteiger charge is -2.48. The predicted octanol–water partition coefficient (Wildman–Crippen LogP) is 4.29. The molecule has 0 bridgehead atoms. The van der Waals surface area contributed by atoms with Gasteiger partial charge in [-0.2, -0.15) is 0 Å². The third-order valence-corrected chi connectivity index (χ3v) is 6.82. The van der Waals surface area contributed by atoms with Crippen LogP contribution in [0.3, 0.4) is 0 Å². The van der Waals surface area contributed by atoms with E-state index in [2.05, 4.69) is 49.3 Å². The number of fused-ring (bicyclic) bond motifs is 1. The van der Waals surface area contributed by atoms with E-state index in [1.54, 1.807) is 12.4 Å². The van der Waals surface area contributed by atoms with Crippen molar-refractivity contribution in [3.8, 4) is 0 Å². The number of hydrogen-bond acceptors (Lipinski definition) is 3. The van der Waals surface area contributed by atoms with Gasteiger partial charge in [0, 0.05) is 24.5 Å². The summed E-state index contributed by atoms with van der Waals surface area (Å²) >= 11 is 0. The number of allylic oxidation sites excluding steroid dienone is 5. The normalized spacial score (nSPS) is 34.8. The first-order valence-electron chi connectivity index (χ1n) is 10.8. The van der Waals surface area contributed by atoms with Crippen LogP contribution in [0.4, 0.5) is 0 Å². The summed E-state index contributed by atoms with van der Waals surface area (Å²) in [4.78, 5) is 16.3. The van der Waals surface area contributed by atoms with E-state index in [1.807, 2.05) is 31.2 Å². The molecule has 2 N–H and O–H groups in total. The lowest BCUT2D eigenvalue weighted by atomic mass is 9.58. The van der Waals surface area contributed by atoms with Crippen molar-refractivity contribution in [2.45, 2.75) is 46.8 Å². The summed E-state index contributed by atoms with van der Waals surface area (Å²) in [5.41, 5.74) is 1.72. The number of amides is 1. The van der Waals surface area contributed by atoms with Gasteiger partial charge in [0.15, 0.2) is 0 Å². The number of aliphatic hydroxyl groups excluding tert-OH is 1. The Labute approximate surface area is 174 Å². The molecule has 156 valence electrons. The highest BCUT2D eigenvalue weighted by atomic mass is 16.3. The lowest BCUT2D eigenvalue weighted by Crippen LogP contribution is -2.46. The molecule has 1 aromatic heterocycles. The smallest absolute Gasteiger partial charge is 0.247 e. The molecule has 7 atom stereocenters. The van der Waals surface area contributed by atoms with Crippen molar-refractivity contribution in [3.05, 3.63) is 66.0 Å². The van der Waals surface area contributed by atoms with Crippen LogP contribution >= 0.6 is 0 Å². The fourth-order valence-electron chi connectivity index (χ4n) is 5.03. The zero-order valence-electron chi connectivity index (χ0n) is 18.0. The molecular weight excluding hydrogens is 360 g/mol. The molecule has 4 heteroatoms. The van der Waals surface area contributed by atoms with Gasteiger partial charge in [0.25, 0.3) is 0 Å². The molecule has 0 radical (unpaired) electrons. The molecule has 2 aliphatic carbocycles. The Kier molecular flexibility index (Phi) is 7.07. The number of aliphatic hydroxyl groups is 1. The van der Waals surface area contributed by atoms with Crippen LogP contribution in [0.25, 0.3) is 0 Å². The second-order valence-corrected chi connectivity index (χ2v) is 8.90. The highest BCUT2D eigenvalue weighted by molar-refractivity contribution is 5.93. The Hall–Kier alpha value is -2.20. The average Bonchev–Trinajstić information content (AvgIpc) is 2.72. The molecule has 2 aliphatic rings. The van der Waals surface area contributed by atoms with E-state index in [0.717, 1.165) is 12.0 Å². The van der Waals surface area contributed by atoms with Crippen molar-refractivity contribution < 1.29 is 9.90 Å². The molecule has 29 heavy (non-hydrogen) atoms. The number of nitrogens with zero attached hydrogens (tertiary/aromatic N) is 1. The van der Waals surface area contributed by atoms with Crippen molar-refractivity contribution in [1.29, 1.82) is 0 Å². The molecule has 1 aromatic rings. The standard InChI is InChI=1S/C25H34N2O2/c1-16-8-9-21-14-18(3)24(28)19(4)23(21)22(16)7-5-6-17(2)25(29)27-15-20-10-12-26-13-11-20/h5-13,16,18-19,21-24,28H,14-15H2,1-4H3,(H,27,29)/b7-5+,17-6+/t16-,18+,19-,21-,22-,23-,24-/m0/s1. The van der Waals surface area contributed by atoms with Crippen LogP contribution in [0.1, 0.15) is 39.7 Å². The number of rotatable bonds is 5. The molecule has 1 saturated carbocycles. The number of hydrogen-bond donors (Lipinski definition) is 2. The van der Waals surface area contributed by atoms with E-state index in [0.29, 0.717) is 41.7 Å². The largest absolute Gasteiger partial charge is 0.393 e. The molecule has 1 fully saturated rings. The van der Waals surface area contributed by atoms with Crippen molar-refractivity contribution >= 4 is 5.91 Å². The Bertz CT molecular complexity index is 783. The summed E-state index contributed by atoms with van der Waals surface area (Å²) in [5, 5.41) is 13.6. The summed E-state index contributed by atoms with van der Waals surface area (Å²) in [6.07, 6.45) is 15.1. The monoisotopic (exact) mass is 394 g/mol. The van der Waals surface area contributed by atoms with Crippen LogP contribution in [0.2, 0.25) is 0 Å². The van der Waals surface area contributed by atoms with Crippen LogP contribution in [-0.2, 0) is 11.3 Å². The minimum atomic E-state index is -0.234. The molecule has 0 unspecified atom stereocenters. The van der Waals surface area contributed by atoms with Gasteiger partial charge in [-0.15, -0.1) is 0 Å². The van der Waals surface area contributed by atoms with Gasteiger partial charge >= 0.3 is 0 Å². The topological polar surface area (TPSA) is 62.2 Å². The zero-order chi connectivity index (χ0) is 21.0. The molecule has 0 saturated heterocycles. The van der Waals surface area contributed by atoms with Gasteiger partial charge in [0.1, 0.15) is 0 Å². The van der Waals surface area contributed by atoms with Gasteiger partial charge in [-0.1, -0.05) is 51.2 Å².